The lowest BCUT2D eigenvalue weighted by Crippen LogP contribution is -2.50. The SMILES string of the molecule is CN1C2CCC1CC(NC1CC=CCC1)C2. The van der Waals surface area contributed by atoms with Crippen molar-refractivity contribution in [1.82, 2.24) is 10.2 Å². The number of piperidine rings is 1. The molecule has 1 aliphatic carbocycles. The fourth-order valence-electron chi connectivity index (χ4n) is 3.83. The molecule has 3 rings (SSSR count). The highest BCUT2D eigenvalue weighted by atomic mass is 15.2. The fraction of sp³-hybridized carbons (Fsp3) is 0.857. The van der Waals surface area contributed by atoms with E-state index in [-0.39, 0.29) is 0 Å². The van der Waals surface area contributed by atoms with Gasteiger partial charge in [-0.05, 0) is 52.0 Å². The van der Waals surface area contributed by atoms with E-state index in [0.29, 0.717) is 0 Å². The van der Waals surface area contributed by atoms with Crippen molar-refractivity contribution in [2.24, 2.45) is 0 Å². The van der Waals surface area contributed by atoms with E-state index < -0.39 is 0 Å². The molecule has 0 radical (unpaired) electrons. The third-order valence-corrected chi connectivity index (χ3v) is 4.84. The van der Waals surface area contributed by atoms with Gasteiger partial charge in [0.05, 0.1) is 0 Å². The normalized spacial score (nSPS) is 43.8. The first kappa shape index (κ1) is 10.8. The molecule has 0 aromatic rings. The van der Waals surface area contributed by atoms with Crippen LogP contribution in [0.5, 0.6) is 0 Å². The molecule has 16 heavy (non-hydrogen) atoms. The molecule has 2 heteroatoms. The number of nitrogens with one attached hydrogen (secondary N) is 1. The third kappa shape index (κ3) is 2.05. The van der Waals surface area contributed by atoms with Crippen LogP contribution >= 0.6 is 0 Å². The van der Waals surface area contributed by atoms with E-state index in [4.69, 9.17) is 0 Å². The molecule has 3 atom stereocenters. The summed E-state index contributed by atoms with van der Waals surface area (Å²) in [7, 11) is 2.32. The van der Waals surface area contributed by atoms with Crippen LogP contribution in [0.25, 0.3) is 0 Å². The van der Waals surface area contributed by atoms with Crippen molar-refractivity contribution in [3.8, 4) is 0 Å². The highest BCUT2D eigenvalue weighted by Crippen LogP contribution is 2.34. The fourth-order valence-corrected chi connectivity index (χ4v) is 3.83. The topological polar surface area (TPSA) is 15.3 Å². The first-order valence-electron chi connectivity index (χ1n) is 6.96. The van der Waals surface area contributed by atoms with E-state index >= 15 is 0 Å². The Bertz CT molecular complexity index is 260. The minimum absolute atomic E-state index is 0.762. The van der Waals surface area contributed by atoms with Crippen LogP contribution in [0, 0.1) is 0 Å². The van der Waals surface area contributed by atoms with E-state index in [1.807, 2.05) is 0 Å². The van der Waals surface area contributed by atoms with Crippen LogP contribution in [0.4, 0.5) is 0 Å². The van der Waals surface area contributed by atoms with Crippen molar-refractivity contribution in [3.63, 3.8) is 0 Å². The molecular weight excluding hydrogens is 196 g/mol. The van der Waals surface area contributed by atoms with Crippen molar-refractivity contribution in [3.05, 3.63) is 12.2 Å². The van der Waals surface area contributed by atoms with Crippen LogP contribution in [-0.4, -0.2) is 36.1 Å². The van der Waals surface area contributed by atoms with Crippen LogP contribution in [-0.2, 0) is 0 Å². The molecule has 2 fully saturated rings. The van der Waals surface area contributed by atoms with Crippen LogP contribution in [0.15, 0.2) is 12.2 Å². The first-order chi connectivity index (χ1) is 7.83. The average Bonchev–Trinajstić information content (AvgIpc) is 2.54. The van der Waals surface area contributed by atoms with E-state index in [1.165, 1.54) is 44.9 Å². The molecule has 0 spiro atoms. The maximum Gasteiger partial charge on any atom is 0.0111 e. The zero-order chi connectivity index (χ0) is 11.0. The monoisotopic (exact) mass is 220 g/mol. The predicted octanol–water partition coefficient (Wildman–Crippen LogP) is 2.31. The second-order valence-corrected chi connectivity index (χ2v) is 5.87. The van der Waals surface area contributed by atoms with Gasteiger partial charge in [0.25, 0.3) is 0 Å². The molecule has 2 saturated heterocycles. The number of hydrogen-bond donors (Lipinski definition) is 1. The van der Waals surface area contributed by atoms with E-state index in [1.54, 1.807) is 0 Å². The molecule has 0 saturated carbocycles. The highest BCUT2D eigenvalue weighted by Gasteiger charge is 2.38. The Morgan fingerprint density at radius 1 is 1.00 bits per heavy atom. The summed E-state index contributed by atoms with van der Waals surface area (Å²) in [6.07, 6.45) is 14.2. The van der Waals surface area contributed by atoms with Gasteiger partial charge >= 0.3 is 0 Å². The van der Waals surface area contributed by atoms with E-state index in [2.05, 4.69) is 29.4 Å². The number of nitrogens with zero attached hydrogens (tertiary/aromatic N) is 1. The molecule has 3 aliphatic rings. The van der Waals surface area contributed by atoms with Crippen LogP contribution < -0.4 is 5.32 Å². The predicted molar refractivity (Wildman–Crippen MR) is 67.5 cm³/mol. The summed E-state index contributed by atoms with van der Waals surface area (Å²) in [5.74, 6) is 0. The lowest BCUT2D eigenvalue weighted by molar-refractivity contribution is 0.142. The molecule has 0 aromatic heterocycles. The third-order valence-electron chi connectivity index (χ3n) is 4.84. The molecule has 0 amide bonds. The smallest absolute Gasteiger partial charge is 0.0111 e. The van der Waals surface area contributed by atoms with Gasteiger partial charge in [-0.25, -0.2) is 0 Å². The van der Waals surface area contributed by atoms with Crippen molar-refractivity contribution in [2.75, 3.05) is 7.05 Å². The number of fused-ring (bicyclic) bond motifs is 2. The summed E-state index contributed by atoms with van der Waals surface area (Å²) in [4.78, 5) is 2.62. The molecule has 90 valence electrons. The minimum atomic E-state index is 0.762. The lowest BCUT2D eigenvalue weighted by Gasteiger charge is -2.38. The maximum atomic E-state index is 3.90. The second-order valence-electron chi connectivity index (χ2n) is 5.87. The Labute approximate surface area is 99.1 Å². The van der Waals surface area contributed by atoms with Gasteiger partial charge in [-0.3, -0.25) is 0 Å². The molecule has 0 aromatic carbocycles. The Morgan fingerprint density at radius 2 is 1.75 bits per heavy atom. The number of hydrogen-bond acceptors (Lipinski definition) is 2. The number of allylic oxidation sites excluding steroid dienone is 1. The summed E-state index contributed by atoms with van der Waals surface area (Å²) in [5.41, 5.74) is 0. The molecule has 3 unspecified atom stereocenters. The summed E-state index contributed by atoms with van der Waals surface area (Å²) in [6, 6.07) is 3.30. The van der Waals surface area contributed by atoms with Gasteiger partial charge in [-0.1, -0.05) is 12.2 Å². The quantitative estimate of drug-likeness (QED) is 0.718. The molecule has 2 heterocycles. The molecule has 2 bridgehead atoms. The van der Waals surface area contributed by atoms with Crippen molar-refractivity contribution in [2.45, 2.75) is 69.1 Å². The first-order valence-corrected chi connectivity index (χ1v) is 6.96. The van der Waals surface area contributed by atoms with Crippen LogP contribution in [0.3, 0.4) is 0 Å². The zero-order valence-corrected chi connectivity index (χ0v) is 10.4. The maximum absolute atomic E-state index is 3.90. The summed E-state index contributed by atoms with van der Waals surface area (Å²) in [6.45, 7) is 0. The summed E-state index contributed by atoms with van der Waals surface area (Å²) < 4.78 is 0. The molecule has 2 aliphatic heterocycles. The Balaban J connectivity index is 1.55. The van der Waals surface area contributed by atoms with Crippen molar-refractivity contribution in [1.29, 1.82) is 0 Å². The molecule has 1 N–H and O–H groups in total. The van der Waals surface area contributed by atoms with Gasteiger partial charge < -0.3 is 10.2 Å². The van der Waals surface area contributed by atoms with Gasteiger partial charge in [0.15, 0.2) is 0 Å². The highest BCUT2D eigenvalue weighted by molar-refractivity contribution is 4.99. The van der Waals surface area contributed by atoms with Gasteiger partial charge in [0, 0.05) is 24.2 Å². The summed E-state index contributed by atoms with van der Waals surface area (Å²) in [5, 5.41) is 3.90. The molecular formula is C14H24N2. The largest absolute Gasteiger partial charge is 0.311 e. The van der Waals surface area contributed by atoms with Gasteiger partial charge in [0.1, 0.15) is 0 Å². The van der Waals surface area contributed by atoms with Gasteiger partial charge in [-0.2, -0.15) is 0 Å². The van der Waals surface area contributed by atoms with Gasteiger partial charge in [0.2, 0.25) is 0 Å². The lowest BCUT2D eigenvalue weighted by atomic mass is 9.94. The summed E-state index contributed by atoms with van der Waals surface area (Å²) >= 11 is 0. The Hall–Kier alpha value is -0.340. The van der Waals surface area contributed by atoms with Crippen molar-refractivity contribution >= 4 is 0 Å². The van der Waals surface area contributed by atoms with Crippen LogP contribution in [0.2, 0.25) is 0 Å². The van der Waals surface area contributed by atoms with Crippen LogP contribution in [0.1, 0.15) is 44.9 Å². The van der Waals surface area contributed by atoms with E-state index in [0.717, 1.165) is 24.2 Å². The standard InChI is InChI=1S/C14H24N2/c1-16-13-7-8-14(16)10-12(9-13)15-11-5-3-2-4-6-11/h2-3,11-15H,4-10H2,1H3. The Morgan fingerprint density at radius 3 is 2.38 bits per heavy atom. The zero-order valence-electron chi connectivity index (χ0n) is 10.4. The number of rotatable bonds is 2. The minimum Gasteiger partial charge on any atom is -0.311 e. The van der Waals surface area contributed by atoms with E-state index in [9.17, 15) is 0 Å². The molecule has 2 nitrogen and oxygen atoms in total. The average molecular weight is 220 g/mol. The second kappa shape index (κ2) is 4.50. The van der Waals surface area contributed by atoms with Crippen molar-refractivity contribution < 1.29 is 0 Å². The Kier molecular flexibility index (Phi) is 3.03. The van der Waals surface area contributed by atoms with Gasteiger partial charge in [-0.15, -0.1) is 0 Å².